The van der Waals surface area contributed by atoms with Crippen LogP contribution in [0.1, 0.15) is 22.1 Å². The van der Waals surface area contributed by atoms with Crippen molar-refractivity contribution >= 4 is 51.5 Å². The molecule has 5 heterocycles. The molecule has 0 aliphatic carbocycles. The number of pyridine rings is 1. The van der Waals surface area contributed by atoms with Gasteiger partial charge in [0.05, 0.1) is 12.1 Å². The van der Waals surface area contributed by atoms with Gasteiger partial charge in [-0.25, -0.2) is 15.0 Å². The van der Waals surface area contributed by atoms with E-state index in [4.69, 9.17) is 9.40 Å². The van der Waals surface area contributed by atoms with Crippen LogP contribution in [0.3, 0.4) is 0 Å². The molecule has 210 valence electrons. The summed E-state index contributed by atoms with van der Waals surface area (Å²) in [7, 11) is 5.88. The second kappa shape index (κ2) is 11.5. The molecule has 10 nitrogen and oxygen atoms in total. The van der Waals surface area contributed by atoms with Crippen molar-refractivity contribution in [2.45, 2.75) is 11.8 Å². The second-order valence-corrected chi connectivity index (χ2v) is 12.3. The first-order valence-corrected chi connectivity index (χ1v) is 15.1. The van der Waals surface area contributed by atoms with Crippen LogP contribution in [0.2, 0.25) is 0 Å². The molecule has 0 radical (unpaired) electrons. The molecular weight excluding hydrogens is 557 g/mol. The predicted molar refractivity (Wildman–Crippen MR) is 166 cm³/mol. The smallest absolute Gasteiger partial charge is 0.261 e. The van der Waals surface area contributed by atoms with E-state index in [1.165, 1.54) is 23.3 Å². The number of benzene rings is 1. The van der Waals surface area contributed by atoms with Crippen LogP contribution in [0.5, 0.6) is 0 Å². The number of rotatable bonds is 8. The highest BCUT2D eigenvalue weighted by atomic mass is 32.2. The van der Waals surface area contributed by atoms with E-state index in [1.807, 2.05) is 48.3 Å². The third-order valence-electron chi connectivity index (χ3n) is 7.06. The monoisotopic (exact) mass is 586 g/mol. The van der Waals surface area contributed by atoms with Gasteiger partial charge in [0, 0.05) is 72.7 Å². The molecule has 6 rings (SSSR count). The normalized spacial score (nSPS) is 15.7. The highest BCUT2D eigenvalue weighted by Gasteiger charge is 2.21. The Labute approximate surface area is 245 Å². The lowest BCUT2D eigenvalue weighted by atomic mass is 10.1. The van der Waals surface area contributed by atoms with E-state index in [9.17, 15) is 4.79 Å². The summed E-state index contributed by atoms with van der Waals surface area (Å²) in [6, 6.07) is 10.2. The number of nitrogens with zero attached hydrogens (tertiary/aromatic N) is 7. The zero-order valence-corrected chi connectivity index (χ0v) is 24.7. The molecule has 0 bridgehead atoms. The van der Waals surface area contributed by atoms with E-state index in [-0.39, 0.29) is 12.1 Å². The van der Waals surface area contributed by atoms with Crippen molar-refractivity contribution in [2.24, 2.45) is 0 Å². The highest BCUT2D eigenvalue weighted by molar-refractivity contribution is 7.99. The molecule has 0 saturated carbocycles. The number of aromatic nitrogens is 5. The fraction of sp³-hybridized carbons (Fsp3) is 0.276. The lowest BCUT2D eigenvalue weighted by molar-refractivity contribution is 0.347. The number of fused-ring (bicyclic) bond motifs is 1. The van der Waals surface area contributed by atoms with Gasteiger partial charge in [-0.05, 0) is 30.8 Å². The Morgan fingerprint density at radius 3 is 2.78 bits per heavy atom. The number of hydrogen-bond donors (Lipinski definition) is 1. The van der Waals surface area contributed by atoms with Crippen molar-refractivity contribution in [1.29, 1.82) is 0 Å². The van der Waals surface area contributed by atoms with E-state index in [2.05, 4.69) is 50.9 Å². The number of anilines is 2. The van der Waals surface area contributed by atoms with Crippen molar-refractivity contribution in [2.75, 3.05) is 45.3 Å². The molecule has 1 atom stereocenters. The van der Waals surface area contributed by atoms with Gasteiger partial charge < -0.3 is 19.5 Å². The van der Waals surface area contributed by atoms with Crippen LogP contribution in [0.4, 0.5) is 11.6 Å². The number of thiazole rings is 1. The molecule has 12 heteroatoms. The van der Waals surface area contributed by atoms with Crippen molar-refractivity contribution < 1.29 is 4.42 Å². The molecule has 0 amide bonds. The third-order valence-corrected chi connectivity index (χ3v) is 9.09. The van der Waals surface area contributed by atoms with Gasteiger partial charge in [-0.15, -0.1) is 11.3 Å². The first kappa shape index (κ1) is 27.2. The topological polar surface area (TPSA) is 105 Å². The van der Waals surface area contributed by atoms with Crippen LogP contribution in [-0.2, 0) is 6.54 Å². The van der Waals surface area contributed by atoms with Crippen molar-refractivity contribution in [3.8, 4) is 10.7 Å². The molecule has 1 N–H and O–H groups in total. The van der Waals surface area contributed by atoms with Gasteiger partial charge in [-0.3, -0.25) is 9.36 Å². The Hall–Kier alpha value is -4.00. The number of thioether (sulfide) groups is 1. The van der Waals surface area contributed by atoms with Gasteiger partial charge in [0.25, 0.3) is 5.56 Å². The lowest BCUT2D eigenvalue weighted by Crippen LogP contribution is -2.30. The Kier molecular flexibility index (Phi) is 7.61. The Bertz CT molecular complexity index is 1750. The van der Waals surface area contributed by atoms with Crippen LogP contribution in [-0.4, -0.2) is 74.3 Å². The minimum Gasteiger partial charge on any atom is -0.446 e. The molecule has 4 aromatic heterocycles. The van der Waals surface area contributed by atoms with E-state index in [0.717, 1.165) is 29.5 Å². The summed E-state index contributed by atoms with van der Waals surface area (Å²) < 4.78 is 7.32. The zero-order valence-electron chi connectivity index (χ0n) is 23.1. The lowest BCUT2D eigenvalue weighted by Gasteiger charge is -2.29. The number of hydrogen-bond acceptors (Lipinski definition) is 11. The number of oxazole rings is 1. The first-order valence-electron chi connectivity index (χ1n) is 13.1. The minimum atomic E-state index is -0.235. The van der Waals surface area contributed by atoms with Gasteiger partial charge in [-0.1, -0.05) is 18.7 Å². The van der Waals surface area contributed by atoms with E-state index < -0.39 is 0 Å². The maximum Gasteiger partial charge on any atom is 0.261 e. The average molecular weight is 587 g/mol. The molecular formula is C29H30N8O2S2. The quantitative estimate of drug-likeness (QED) is 0.269. The fourth-order valence-electron chi connectivity index (χ4n) is 4.74. The molecule has 1 aliphatic rings. The highest BCUT2D eigenvalue weighted by Crippen LogP contribution is 2.33. The molecule has 1 saturated heterocycles. The molecule has 5 aromatic rings. The number of likely N-dealkylation sites (N-methyl/N-ethyl adjacent to an activating group) is 1. The summed E-state index contributed by atoms with van der Waals surface area (Å²) in [4.78, 5) is 36.1. The zero-order chi connectivity index (χ0) is 28.5. The summed E-state index contributed by atoms with van der Waals surface area (Å²) in [6.45, 7) is 6.41. The van der Waals surface area contributed by atoms with Crippen LogP contribution in [0, 0.1) is 0 Å². The van der Waals surface area contributed by atoms with Gasteiger partial charge in [0.2, 0.25) is 5.95 Å². The van der Waals surface area contributed by atoms with Crippen LogP contribution >= 0.6 is 23.1 Å². The largest absolute Gasteiger partial charge is 0.446 e. The SMILES string of the molecule is C=C(c1cc2cnc(Nc3ccc(C4CN(C)CCS4)cc3)nc2n(Cc2ocnc2-c2nccs2)c1=O)N(C)C. The van der Waals surface area contributed by atoms with Crippen molar-refractivity contribution in [3.05, 3.63) is 88.3 Å². The van der Waals surface area contributed by atoms with E-state index in [0.29, 0.717) is 44.9 Å². The number of nitrogens with one attached hydrogen (secondary N) is 1. The summed E-state index contributed by atoms with van der Waals surface area (Å²) in [5.41, 5.74) is 4.07. The van der Waals surface area contributed by atoms with Gasteiger partial charge in [0.15, 0.2) is 12.2 Å². The minimum absolute atomic E-state index is 0.122. The fourth-order valence-corrected chi connectivity index (χ4v) is 6.81. The maximum atomic E-state index is 13.8. The Morgan fingerprint density at radius 2 is 2.05 bits per heavy atom. The van der Waals surface area contributed by atoms with E-state index >= 15 is 0 Å². The van der Waals surface area contributed by atoms with Crippen molar-refractivity contribution in [3.63, 3.8) is 0 Å². The van der Waals surface area contributed by atoms with Gasteiger partial charge in [0.1, 0.15) is 16.3 Å². The molecule has 0 spiro atoms. The van der Waals surface area contributed by atoms with Crippen LogP contribution < -0.4 is 10.9 Å². The van der Waals surface area contributed by atoms with Gasteiger partial charge >= 0.3 is 0 Å². The Morgan fingerprint density at radius 1 is 1.22 bits per heavy atom. The molecule has 1 unspecified atom stereocenters. The Balaban J connectivity index is 1.36. The molecule has 1 fully saturated rings. The molecule has 41 heavy (non-hydrogen) atoms. The summed E-state index contributed by atoms with van der Waals surface area (Å²) in [5, 5.41) is 7.07. The summed E-state index contributed by atoms with van der Waals surface area (Å²) in [5.74, 6) is 2.05. The van der Waals surface area contributed by atoms with Crippen LogP contribution in [0.15, 0.2) is 70.3 Å². The summed E-state index contributed by atoms with van der Waals surface area (Å²) in [6.07, 6.45) is 4.81. The second-order valence-electron chi connectivity index (χ2n) is 10.1. The predicted octanol–water partition coefficient (Wildman–Crippen LogP) is 4.95. The average Bonchev–Trinajstić information content (AvgIpc) is 3.67. The van der Waals surface area contributed by atoms with E-state index in [1.54, 1.807) is 23.0 Å². The summed E-state index contributed by atoms with van der Waals surface area (Å²) >= 11 is 3.45. The molecule has 1 aliphatic heterocycles. The van der Waals surface area contributed by atoms with Crippen molar-refractivity contribution in [1.82, 2.24) is 34.3 Å². The molecule has 1 aromatic carbocycles. The van der Waals surface area contributed by atoms with Crippen LogP contribution in [0.25, 0.3) is 27.4 Å². The maximum absolute atomic E-state index is 13.8. The third kappa shape index (κ3) is 5.63. The first-order chi connectivity index (χ1) is 19.9. The standard InChI is InChI=1S/C29H30N8O2S2/c1-18(35(2)3)22-13-20-14-31-29(33-21-7-5-19(6-8-21)24-16-36(4)10-12-40-24)34-26(20)37(28(22)38)15-23-25(32-17-39-23)27-30-9-11-41-27/h5-9,11,13-14,17,24H,1,10,12,15-16H2,2-4H3,(H,31,33,34). The van der Waals surface area contributed by atoms with Gasteiger partial charge in [-0.2, -0.15) is 16.7 Å².